The number of nitrogens with zero attached hydrogens (tertiary/aromatic N) is 3. The Morgan fingerprint density at radius 3 is 2.15 bits per heavy atom. The zero-order valence-electron chi connectivity index (χ0n) is 71.1. The monoisotopic (exact) mass is 1840 g/mol. The topological polar surface area (TPSA) is 208 Å². The van der Waals surface area contributed by atoms with Crippen molar-refractivity contribution in [1.29, 1.82) is 0 Å². The Hall–Kier alpha value is -11.3. The van der Waals surface area contributed by atoms with Gasteiger partial charge in [0.2, 0.25) is 0 Å². The molecule has 6 N–H and O–H groups in total. The highest BCUT2D eigenvalue weighted by Crippen LogP contribution is 2.42. The lowest BCUT2D eigenvalue weighted by Gasteiger charge is -2.29. The molecule has 2 aliphatic carbocycles. The van der Waals surface area contributed by atoms with Crippen LogP contribution in [0.5, 0.6) is 5.75 Å². The summed E-state index contributed by atoms with van der Waals surface area (Å²) >= 11 is 13.0. The van der Waals surface area contributed by atoms with Crippen molar-refractivity contribution in [3.8, 4) is 10.8 Å². The van der Waals surface area contributed by atoms with Gasteiger partial charge in [0.1, 0.15) is 22.3 Å². The fourth-order valence-electron chi connectivity index (χ4n) is 15.2. The summed E-state index contributed by atoms with van der Waals surface area (Å²) < 4.78 is 27.5. The van der Waals surface area contributed by atoms with E-state index in [-0.39, 0.29) is 34.5 Å². The third kappa shape index (κ3) is 23.4. The van der Waals surface area contributed by atoms with E-state index in [4.69, 9.17) is 21.1 Å². The van der Waals surface area contributed by atoms with Gasteiger partial charge >= 0.3 is 5.97 Å². The summed E-state index contributed by atoms with van der Waals surface area (Å²) in [6.07, 6.45) is 18.0. The largest absolute Gasteiger partial charge is 0.494 e. The van der Waals surface area contributed by atoms with Gasteiger partial charge in [0.25, 0.3) is 11.8 Å². The number of thioether (sulfide) groups is 1. The van der Waals surface area contributed by atoms with Gasteiger partial charge in [-0.1, -0.05) is 142 Å². The standard InChI is InChI=1S/C18H23NO3.C18H15NO.C18H23NO.C17H18N2OS.C16H16N2OS2.C15H9ClFIN2/c1-5-21-15-9-7-14(8-10-15)11-16-12(3)17(19-13(16)4)18(20)22-6-2;1-13-6-2-3-7-14(13)10-11-15-12-18(20)16-8-4-5-9-17(16)19-15;1-2-3-4-8-13-9-7-11-15-17(13)19-16-12-6-5-10-14(16)18(15)20;1-3-10-18-17(20)15-8-9-16(21-15)19-12(2)11-13-6-4-5-7-14(13)19;19-16(17-11-5-6-11)14-7-8-15(21-14)18-9-10-20-13-4-2-1-3-12(13)18;16-9-1-3-11-13(5-6-19-15(11)7-9)20-14-4-2-10(18)8-12(14)17/h7-10,19H,5-6,11H2,1-4H3;2-12H,1H3,(H,19,20);5-6,10,12-13H,2-4,7-9,11H2,1H3,(H,19,20);4-9,11H,3,10H2,1-2H3,(H,18,20);1-4,7-8,11H,5-6,9-10H2,(H,17,19);1-8H,(H,19,20)/b;11-10+;;;;. The molecule has 1 saturated carbocycles. The summed E-state index contributed by atoms with van der Waals surface area (Å²) in [7, 11) is 0. The van der Waals surface area contributed by atoms with Crippen LogP contribution in [-0.2, 0) is 17.6 Å². The van der Waals surface area contributed by atoms with Gasteiger partial charge < -0.3 is 49.8 Å². The predicted octanol–water partition coefficient (Wildman–Crippen LogP) is 25.7. The van der Waals surface area contributed by atoms with Gasteiger partial charge in [0.15, 0.2) is 10.9 Å². The van der Waals surface area contributed by atoms with E-state index in [1.165, 1.54) is 93.5 Å². The number of para-hydroxylation sites is 4. The predicted molar refractivity (Wildman–Crippen MR) is 522 cm³/mol. The van der Waals surface area contributed by atoms with E-state index in [0.717, 1.165) is 158 Å². The number of aromatic amines is 3. The lowest BCUT2D eigenvalue weighted by Crippen LogP contribution is -2.24. The summed E-state index contributed by atoms with van der Waals surface area (Å²) in [5.74, 6) is 2.04. The number of fused-ring (bicyclic) bond motifs is 6. The highest BCUT2D eigenvalue weighted by Gasteiger charge is 2.28. The van der Waals surface area contributed by atoms with Crippen molar-refractivity contribution in [2.75, 3.05) is 42.3 Å². The smallest absolute Gasteiger partial charge is 0.355 e. The number of hydrogen-bond acceptors (Lipinski definition) is 13. The number of pyridine rings is 3. The molecule has 1 atom stereocenters. The molecule has 0 spiro atoms. The Labute approximate surface area is 754 Å². The van der Waals surface area contributed by atoms with Crippen molar-refractivity contribution in [3.63, 3.8) is 0 Å². The second-order valence-electron chi connectivity index (χ2n) is 30.7. The zero-order chi connectivity index (χ0) is 87.2. The molecule has 3 aliphatic rings. The molecule has 0 radical (unpaired) electrons. The van der Waals surface area contributed by atoms with Crippen LogP contribution in [-0.4, -0.2) is 80.4 Å². The number of halogens is 3. The minimum absolute atomic E-state index is 0.0159. The number of unbranched alkanes of at least 4 members (excludes halogenated alkanes) is 2. The van der Waals surface area contributed by atoms with Crippen LogP contribution in [0.1, 0.15) is 177 Å². The Morgan fingerprint density at radius 1 is 0.669 bits per heavy atom. The van der Waals surface area contributed by atoms with E-state index >= 15 is 0 Å². The minimum atomic E-state index is -0.291. The highest BCUT2D eigenvalue weighted by molar-refractivity contribution is 14.1. The molecule has 0 saturated heterocycles. The van der Waals surface area contributed by atoms with Gasteiger partial charge in [-0.25, -0.2) is 9.18 Å². The third-order valence-electron chi connectivity index (χ3n) is 21.8. The van der Waals surface area contributed by atoms with Gasteiger partial charge in [0.05, 0.1) is 50.4 Å². The second-order valence-corrected chi connectivity index (χ2v) is 35.6. The number of nitrogens with one attached hydrogen (secondary N) is 6. The van der Waals surface area contributed by atoms with Crippen molar-refractivity contribution in [3.05, 3.63) is 337 Å². The summed E-state index contributed by atoms with van der Waals surface area (Å²) in [5, 5.41) is 15.6. The van der Waals surface area contributed by atoms with Crippen molar-refractivity contribution >= 4 is 164 Å². The van der Waals surface area contributed by atoms with E-state index < -0.39 is 0 Å². The summed E-state index contributed by atoms with van der Waals surface area (Å²) in [6.45, 7) is 18.9. The molecule has 8 aromatic carbocycles. The number of amides is 2. The van der Waals surface area contributed by atoms with Gasteiger partial charge in [0, 0.05) is 117 Å². The van der Waals surface area contributed by atoms with Gasteiger partial charge in [-0.3, -0.25) is 24.2 Å². The molecule has 2 amide bonds. The number of ether oxygens (including phenoxy) is 2. The van der Waals surface area contributed by atoms with Crippen LogP contribution >= 0.6 is 68.6 Å². The van der Waals surface area contributed by atoms with E-state index in [2.05, 4.69) is 168 Å². The van der Waals surface area contributed by atoms with E-state index in [1.54, 1.807) is 41.8 Å². The average molecular weight is 1850 g/mol. The molecule has 0 bridgehead atoms. The van der Waals surface area contributed by atoms with Crippen LogP contribution in [0.4, 0.5) is 26.5 Å². The van der Waals surface area contributed by atoms with Crippen LogP contribution in [0.25, 0.3) is 60.8 Å². The second kappa shape index (κ2) is 43.8. The minimum Gasteiger partial charge on any atom is -0.494 e. The first-order chi connectivity index (χ1) is 60.3. The first kappa shape index (κ1) is 90.4. The zero-order valence-corrected chi connectivity index (χ0v) is 76.5. The number of thiophene rings is 2. The van der Waals surface area contributed by atoms with Crippen LogP contribution in [0.3, 0.4) is 0 Å². The SMILES string of the molecule is CCCCCC1CCCc2c1[nH]c1ccccc1c2=O.CCCNC(=O)c1ccc(-n2c(C)cc3ccccc32)s1.CCOC(=O)c1[nH]c(C)c(Cc2ccc(OCC)cc2)c1C.Cc1ccccc1/C=C/c1cc(=O)c2ccccc2[nH]1.Fc1cc(I)ccc1Nc1ccnc2cc(Cl)ccc12.O=C(NC1CC1)c1ccc(N2CCSc3ccccc32)s1. The maximum Gasteiger partial charge on any atom is 0.355 e. The Bertz CT molecular complexity index is 6380. The number of carbonyl (C=O) groups excluding carboxylic acids is 3. The number of rotatable bonds is 21. The van der Waals surface area contributed by atoms with E-state index in [0.29, 0.717) is 41.6 Å². The lowest BCUT2D eigenvalue weighted by molar-refractivity contribution is 0.0518. The lowest BCUT2D eigenvalue weighted by atomic mass is 9.82. The van der Waals surface area contributed by atoms with Crippen molar-refractivity contribution in [2.24, 2.45) is 0 Å². The quantitative estimate of drug-likeness (QED) is 0.0227. The molecule has 15 aromatic rings. The number of aromatic nitrogens is 5. The number of hydrogen-bond donors (Lipinski definition) is 6. The Balaban J connectivity index is 0.000000128. The van der Waals surface area contributed by atoms with Crippen LogP contribution in [0.15, 0.2) is 245 Å². The van der Waals surface area contributed by atoms with E-state index in [1.807, 2.05) is 173 Å². The molecule has 1 aliphatic heterocycles. The Morgan fingerprint density at radius 2 is 1.39 bits per heavy atom. The van der Waals surface area contributed by atoms with Gasteiger partial charge in [-0.15, -0.1) is 34.4 Å². The first-order valence-electron chi connectivity index (χ1n) is 42.4. The highest BCUT2D eigenvalue weighted by atomic mass is 127. The summed E-state index contributed by atoms with van der Waals surface area (Å²) in [5.41, 5.74) is 18.1. The summed E-state index contributed by atoms with van der Waals surface area (Å²) in [4.78, 5) is 80.2. The summed E-state index contributed by atoms with van der Waals surface area (Å²) in [6, 6.07) is 73.0. The first-order valence-corrected chi connectivity index (χ1v) is 46.5. The Kier molecular flexibility index (Phi) is 31.9. The molecule has 7 aromatic heterocycles. The number of aryl methyl sites for hydroxylation is 3. The molecule has 1 fully saturated rings. The molecule has 16 nitrogen and oxygen atoms in total. The number of esters is 1. The molecular weight excluding hydrogens is 1740 g/mol. The van der Waals surface area contributed by atoms with Crippen LogP contribution in [0.2, 0.25) is 5.02 Å². The molecular formula is C102H104ClFIN9O7S3. The van der Waals surface area contributed by atoms with Crippen molar-refractivity contribution in [1.82, 2.24) is 35.1 Å². The number of anilines is 4. The van der Waals surface area contributed by atoms with Crippen LogP contribution in [0, 0.1) is 37.1 Å². The number of H-pyrrole nitrogens is 3. The van der Waals surface area contributed by atoms with Crippen molar-refractivity contribution < 1.29 is 28.2 Å². The number of carbonyl (C=O) groups is 3. The molecule has 18 rings (SSSR count). The molecule has 1 unspecified atom stereocenters. The normalized spacial score (nSPS) is 13.2. The maximum atomic E-state index is 13.9. The van der Waals surface area contributed by atoms with Gasteiger partial charge in [-0.05, 0) is 283 Å². The van der Waals surface area contributed by atoms with Crippen LogP contribution < -0.4 is 36.4 Å². The average Bonchev–Trinajstić information content (AvgIpc) is 0.967. The molecule has 124 heavy (non-hydrogen) atoms. The molecule has 8 heterocycles. The maximum absolute atomic E-state index is 13.9. The fourth-order valence-corrected chi connectivity index (χ4v) is 18.8. The van der Waals surface area contributed by atoms with Gasteiger partial charge in [-0.2, -0.15) is 0 Å². The van der Waals surface area contributed by atoms with E-state index in [9.17, 15) is 28.4 Å². The number of benzene rings is 8. The molecule has 638 valence electrons. The molecule has 22 heteroatoms. The third-order valence-corrected chi connectivity index (χ3v) is 25.9. The van der Waals surface area contributed by atoms with Crippen molar-refractivity contribution in [2.45, 2.75) is 143 Å². The fraction of sp³-hybridized carbons (Fsp3) is 0.255.